The smallest absolute Gasteiger partial charge is 0.240 e. The third-order valence-corrected chi connectivity index (χ3v) is 4.68. The van der Waals surface area contributed by atoms with Gasteiger partial charge in [-0.05, 0) is 25.2 Å². The number of carbonyl (C=O) groups is 2. The van der Waals surface area contributed by atoms with Gasteiger partial charge in [-0.15, -0.1) is 24.8 Å². The molecule has 3 N–H and O–H groups in total. The summed E-state index contributed by atoms with van der Waals surface area (Å²) in [6, 6.07) is -0.216. The van der Waals surface area contributed by atoms with Crippen LogP contribution in [0, 0.1) is 5.41 Å². The first-order chi connectivity index (χ1) is 10.2. The number of nitrogens with one attached hydrogen (secondary N) is 1. The van der Waals surface area contributed by atoms with Crippen LogP contribution >= 0.6 is 24.8 Å². The van der Waals surface area contributed by atoms with Gasteiger partial charge < -0.3 is 16.0 Å². The van der Waals surface area contributed by atoms with Crippen molar-refractivity contribution in [1.29, 1.82) is 0 Å². The van der Waals surface area contributed by atoms with Crippen LogP contribution < -0.4 is 11.1 Å². The molecule has 2 fully saturated rings. The summed E-state index contributed by atoms with van der Waals surface area (Å²) in [6.45, 7) is 10.6. The van der Waals surface area contributed by atoms with E-state index in [0.29, 0.717) is 19.1 Å². The molecule has 0 spiro atoms. The van der Waals surface area contributed by atoms with Gasteiger partial charge in [0.1, 0.15) is 0 Å². The Labute approximate surface area is 157 Å². The summed E-state index contributed by atoms with van der Waals surface area (Å²) in [6.07, 6.45) is 2.21. The van der Waals surface area contributed by atoms with E-state index in [1.807, 2.05) is 32.6 Å². The molecule has 142 valence electrons. The van der Waals surface area contributed by atoms with Crippen LogP contribution in [0.5, 0.6) is 0 Å². The predicted octanol–water partition coefficient (Wildman–Crippen LogP) is 1.01. The van der Waals surface area contributed by atoms with E-state index in [1.54, 1.807) is 0 Å². The molecule has 1 saturated carbocycles. The molecular formula is C16H32Cl2N4O2. The van der Waals surface area contributed by atoms with E-state index >= 15 is 0 Å². The maximum Gasteiger partial charge on any atom is 0.240 e. The molecule has 0 aromatic heterocycles. The molecule has 2 aliphatic rings. The van der Waals surface area contributed by atoms with Gasteiger partial charge in [0.15, 0.2) is 0 Å². The Morgan fingerprint density at radius 3 is 2.00 bits per heavy atom. The summed E-state index contributed by atoms with van der Waals surface area (Å²) in [5.41, 5.74) is 5.83. The number of amides is 2. The number of piperazine rings is 1. The first-order valence-corrected chi connectivity index (χ1v) is 8.29. The van der Waals surface area contributed by atoms with Crippen LogP contribution in [0.1, 0.15) is 40.5 Å². The SMILES string of the molecule is CC(C(=O)NC1CC1)N1CCN(C(=O)[C@@H](N)C(C)(C)C)CC1.Cl.Cl. The number of halogens is 2. The highest BCUT2D eigenvalue weighted by Crippen LogP contribution is 2.21. The second-order valence-electron chi connectivity index (χ2n) is 7.66. The molecule has 1 saturated heterocycles. The van der Waals surface area contributed by atoms with Crippen LogP contribution in [0.2, 0.25) is 0 Å². The first-order valence-electron chi connectivity index (χ1n) is 8.29. The highest BCUT2D eigenvalue weighted by molar-refractivity contribution is 5.85. The van der Waals surface area contributed by atoms with E-state index in [1.165, 1.54) is 0 Å². The molecule has 24 heavy (non-hydrogen) atoms. The molecule has 1 aliphatic heterocycles. The molecule has 1 heterocycles. The first kappa shape index (κ1) is 23.4. The Hall–Kier alpha value is -0.560. The summed E-state index contributed by atoms with van der Waals surface area (Å²) in [5.74, 6) is 0.121. The van der Waals surface area contributed by atoms with Crippen LogP contribution in [0.25, 0.3) is 0 Å². The molecule has 0 bridgehead atoms. The summed E-state index contributed by atoms with van der Waals surface area (Å²) in [5, 5.41) is 3.04. The molecule has 8 heteroatoms. The fourth-order valence-corrected chi connectivity index (χ4v) is 2.61. The Morgan fingerprint density at radius 1 is 1.08 bits per heavy atom. The lowest BCUT2D eigenvalue weighted by Gasteiger charge is -2.39. The zero-order valence-electron chi connectivity index (χ0n) is 15.1. The largest absolute Gasteiger partial charge is 0.352 e. The molecule has 2 rings (SSSR count). The number of hydrogen-bond acceptors (Lipinski definition) is 4. The van der Waals surface area contributed by atoms with Gasteiger partial charge in [0.25, 0.3) is 0 Å². The Morgan fingerprint density at radius 2 is 1.58 bits per heavy atom. The fourth-order valence-electron chi connectivity index (χ4n) is 2.61. The van der Waals surface area contributed by atoms with Crippen molar-refractivity contribution in [2.75, 3.05) is 26.2 Å². The third-order valence-electron chi connectivity index (χ3n) is 4.68. The van der Waals surface area contributed by atoms with Crippen molar-refractivity contribution in [3.05, 3.63) is 0 Å². The summed E-state index contributed by atoms with van der Waals surface area (Å²) in [7, 11) is 0. The van der Waals surface area contributed by atoms with Crippen LogP contribution in [0.3, 0.4) is 0 Å². The van der Waals surface area contributed by atoms with E-state index in [2.05, 4.69) is 10.2 Å². The highest BCUT2D eigenvalue weighted by atomic mass is 35.5. The fraction of sp³-hybridized carbons (Fsp3) is 0.875. The quantitative estimate of drug-likeness (QED) is 0.760. The van der Waals surface area contributed by atoms with E-state index in [0.717, 1.165) is 25.9 Å². The van der Waals surface area contributed by atoms with Crippen molar-refractivity contribution in [2.45, 2.75) is 58.7 Å². The summed E-state index contributed by atoms with van der Waals surface area (Å²) in [4.78, 5) is 28.5. The average Bonchev–Trinajstić information content (AvgIpc) is 3.28. The zero-order valence-corrected chi connectivity index (χ0v) is 16.7. The van der Waals surface area contributed by atoms with Crippen molar-refractivity contribution in [2.24, 2.45) is 11.1 Å². The van der Waals surface area contributed by atoms with Gasteiger partial charge in [-0.3, -0.25) is 14.5 Å². The summed E-state index contributed by atoms with van der Waals surface area (Å²) >= 11 is 0. The molecule has 0 radical (unpaired) electrons. The Kier molecular flexibility index (Phi) is 9.01. The van der Waals surface area contributed by atoms with Crippen LogP contribution in [0.4, 0.5) is 0 Å². The minimum Gasteiger partial charge on any atom is -0.352 e. The molecule has 2 atom stereocenters. The molecule has 1 unspecified atom stereocenters. The second-order valence-corrected chi connectivity index (χ2v) is 7.66. The number of nitrogens with two attached hydrogens (primary N) is 1. The van der Waals surface area contributed by atoms with Gasteiger partial charge in [0.05, 0.1) is 12.1 Å². The minimum absolute atomic E-state index is 0. The normalized spacial score (nSPS) is 21.1. The average molecular weight is 383 g/mol. The minimum atomic E-state index is -0.477. The summed E-state index contributed by atoms with van der Waals surface area (Å²) < 4.78 is 0. The van der Waals surface area contributed by atoms with Crippen molar-refractivity contribution < 1.29 is 9.59 Å². The van der Waals surface area contributed by atoms with Crippen LogP contribution in [-0.2, 0) is 9.59 Å². The lowest BCUT2D eigenvalue weighted by Crippen LogP contribution is -2.58. The van der Waals surface area contributed by atoms with Gasteiger partial charge in [-0.2, -0.15) is 0 Å². The Balaban J connectivity index is 0.00000264. The van der Waals surface area contributed by atoms with E-state index < -0.39 is 6.04 Å². The van der Waals surface area contributed by atoms with Crippen LogP contribution in [-0.4, -0.2) is 65.9 Å². The van der Waals surface area contributed by atoms with Crippen molar-refractivity contribution in [3.8, 4) is 0 Å². The monoisotopic (exact) mass is 382 g/mol. The molecule has 0 aromatic rings. The number of hydrogen-bond donors (Lipinski definition) is 2. The third kappa shape index (κ3) is 6.06. The Bertz CT molecular complexity index is 430. The van der Waals surface area contributed by atoms with Crippen molar-refractivity contribution in [3.63, 3.8) is 0 Å². The molecule has 2 amide bonds. The molecule has 6 nitrogen and oxygen atoms in total. The number of rotatable bonds is 4. The van der Waals surface area contributed by atoms with E-state index in [9.17, 15) is 9.59 Å². The molecule has 0 aromatic carbocycles. The van der Waals surface area contributed by atoms with Gasteiger partial charge >= 0.3 is 0 Å². The van der Waals surface area contributed by atoms with Crippen LogP contribution in [0.15, 0.2) is 0 Å². The lowest BCUT2D eigenvalue weighted by atomic mass is 9.86. The van der Waals surface area contributed by atoms with Gasteiger partial charge in [0.2, 0.25) is 11.8 Å². The van der Waals surface area contributed by atoms with Gasteiger partial charge in [0, 0.05) is 32.2 Å². The predicted molar refractivity (Wildman–Crippen MR) is 101 cm³/mol. The van der Waals surface area contributed by atoms with Gasteiger partial charge in [-0.25, -0.2) is 0 Å². The topological polar surface area (TPSA) is 78.7 Å². The van der Waals surface area contributed by atoms with E-state index in [-0.39, 0.29) is 48.1 Å². The molecule has 1 aliphatic carbocycles. The maximum atomic E-state index is 12.4. The van der Waals surface area contributed by atoms with Crippen molar-refractivity contribution in [1.82, 2.24) is 15.1 Å². The molecular weight excluding hydrogens is 351 g/mol. The standard InChI is InChI=1S/C16H30N4O2.2ClH/c1-11(14(21)18-12-5-6-12)19-7-9-20(10-8-19)15(22)13(17)16(2,3)4;;/h11-13H,5-10,17H2,1-4H3,(H,18,21);2*1H/t11?,13-;;/m1../s1. The zero-order chi connectivity index (χ0) is 16.5. The second kappa shape index (κ2) is 9.22. The number of carbonyl (C=O) groups excluding carboxylic acids is 2. The van der Waals surface area contributed by atoms with E-state index in [4.69, 9.17) is 5.73 Å². The van der Waals surface area contributed by atoms with Gasteiger partial charge in [-0.1, -0.05) is 20.8 Å². The highest BCUT2D eigenvalue weighted by Gasteiger charge is 2.34. The van der Waals surface area contributed by atoms with Crippen molar-refractivity contribution >= 4 is 36.6 Å². The number of nitrogens with zero attached hydrogens (tertiary/aromatic N) is 2. The lowest BCUT2D eigenvalue weighted by molar-refractivity contribution is -0.137. The maximum absolute atomic E-state index is 12.4.